The molecule has 7 heteroatoms. The van der Waals surface area contributed by atoms with Gasteiger partial charge < -0.3 is 4.90 Å². The van der Waals surface area contributed by atoms with E-state index >= 15 is 0 Å². The number of anilines is 1. The summed E-state index contributed by atoms with van der Waals surface area (Å²) in [7, 11) is 0. The van der Waals surface area contributed by atoms with Gasteiger partial charge in [-0.3, -0.25) is 19.8 Å². The number of hydrogen-bond acceptors (Lipinski definition) is 5. The van der Waals surface area contributed by atoms with E-state index in [9.17, 15) is 9.59 Å². The highest BCUT2D eigenvalue weighted by Gasteiger charge is 2.31. The summed E-state index contributed by atoms with van der Waals surface area (Å²) >= 11 is 1.45. The smallest absolute Gasteiger partial charge is 0.257 e. The van der Waals surface area contributed by atoms with Crippen LogP contribution in [-0.4, -0.2) is 52.8 Å². The number of rotatable bonds is 5. The number of nitrogens with one attached hydrogen (secondary N) is 1. The molecule has 0 radical (unpaired) electrons. The third-order valence-electron chi connectivity index (χ3n) is 6.51. The van der Waals surface area contributed by atoms with Crippen molar-refractivity contribution in [3.8, 4) is 0 Å². The Morgan fingerprint density at radius 3 is 2.47 bits per heavy atom. The van der Waals surface area contributed by atoms with E-state index < -0.39 is 0 Å². The maximum absolute atomic E-state index is 12.7. The predicted molar refractivity (Wildman–Crippen MR) is 129 cm³/mol. The summed E-state index contributed by atoms with van der Waals surface area (Å²) in [6.45, 7) is 9.64. The lowest BCUT2D eigenvalue weighted by Crippen LogP contribution is -2.42. The van der Waals surface area contributed by atoms with Crippen LogP contribution in [0.5, 0.6) is 0 Å². The van der Waals surface area contributed by atoms with Crippen molar-refractivity contribution >= 4 is 28.3 Å². The average molecular weight is 455 g/mol. The second-order valence-corrected chi connectivity index (χ2v) is 10.8. The zero-order valence-corrected chi connectivity index (χ0v) is 20.2. The summed E-state index contributed by atoms with van der Waals surface area (Å²) in [6.07, 6.45) is 5.52. The molecule has 0 saturated carbocycles. The molecule has 0 aliphatic carbocycles. The maximum atomic E-state index is 12.7. The number of thiazole rings is 1. The number of amides is 2. The Morgan fingerprint density at radius 2 is 1.78 bits per heavy atom. The van der Waals surface area contributed by atoms with Gasteiger partial charge in [-0.1, -0.05) is 32.9 Å². The van der Waals surface area contributed by atoms with Crippen LogP contribution in [0.2, 0.25) is 0 Å². The third-order valence-corrected chi connectivity index (χ3v) is 7.28. The molecule has 2 saturated heterocycles. The van der Waals surface area contributed by atoms with Gasteiger partial charge in [-0.15, -0.1) is 11.3 Å². The Kier molecular flexibility index (Phi) is 6.96. The van der Waals surface area contributed by atoms with Gasteiger partial charge >= 0.3 is 0 Å². The molecule has 2 fully saturated rings. The standard InChI is InChI=1S/C25H34N4O2S/c1-25(2,3)19-11-9-18(10-12-19)23(31)27-24-26-20(17-32-24)21-8-7-15-29(21)16-22(30)28-13-5-4-6-14-28/h9-12,17,21H,4-8,13-16H2,1-3H3,(H,26,27,31)/t21-/m1/s1. The maximum Gasteiger partial charge on any atom is 0.257 e. The number of carbonyl (C=O) groups is 2. The molecule has 0 bridgehead atoms. The quantitative estimate of drug-likeness (QED) is 0.702. The molecule has 1 aromatic carbocycles. The van der Waals surface area contributed by atoms with Gasteiger partial charge in [-0.05, 0) is 61.8 Å². The number of aromatic nitrogens is 1. The van der Waals surface area contributed by atoms with E-state index in [0.717, 1.165) is 51.0 Å². The SMILES string of the molecule is CC(C)(C)c1ccc(C(=O)Nc2nc([C@H]3CCCN3CC(=O)N3CCCCC3)cs2)cc1. The van der Waals surface area contributed by atoms with Crippen LogP contribution in [-0.2, 0) is 10.2 Å². The monoisotopic (exact) mass is 454 g/mol. The van der Waals surface area contributed by atoms with Crippen molar-refractivity contribution in [3.05, 3.63) is 46.5 Å². The summed E-state index contributed by atoms with van der Waals surface area (Å²) < 4.78 is 0. The van der Waals surface area contributed by atoms with Crippen molar-refractivity contribution in [1.82, 2.24) is 14.8 Å². The van der Waals surface area contributed by atoms with Crippen molar-refractivity contribution in [2.45, 2.75) is 64.3 Å². The minimum absolute atomic E-state index is 0.0573. The number of piperidine rings is 1. The Labute approximate surface area is 195 Å². The topological polar surface area (TPSA) is 65.5 Å². The zero-order chi connectivity index (χ0) is 22.7. The molecule has 2 aliphatic rings. The summed E-state index contributed by atoms with van der Waals surface area (Å²) in [5.74, 6) is 0.0916. The lowest BCUT2D eigenvalue weighted by molar-refractivity contribution is -0.133. The lowest BCUT2D eigenvalue weighted by Gasteiger charge is -2.30. The molecular weight excluding hydrogens is 420 g/mol. The number of benzene rings is 1. The van der Waals surface area contributed by atoms with Crippen molar-refractivity contribution in [2.24, 2.45) is 0 Å². The third kappa shape index (κ3) is 5.38. The van der Waals surface area contributed by atoms with Gasteiger partial charge in [0.1, 0.15) is 0 Å². The highest BCUT2D eigenvalue weighted by Crippen LogP contribution is 2.33. The van der Waals surface area contributed by atoms with Crippen molar-refractivity contribution < 1.29 is 9.59 Å². The van der Waals surface area contributed by atoms with Gasteiger partial charge in [0.15, 0.2) is 5.13 Å². The van der Waals surface area contributed by atoms with Gasteiger partial charge in [0.2, 0.25) is 5.91 Å². The van der Waals surface area contributed by atoms with E-state index in [1.165, 1.54) is 23.3 Å². The molecule has 1 aromatic heterocycles. The fourth-order valence-electron chi connectivity index (χ4n) is 4.55. The number of nitrogens with zero attached hydrogens (tertiary/aromatic N) is 3. The summed E-state index contributed by atoms with van der Waals surface area (Å²) in [5, 5.41) is 5.57. The Bertz CT molecular complexity index is 942. The first-order chi connectivity index (χ1) is 15.3. The van der Waals surface area contributed by atoms with Gasteiger partial charge in [-0.2, -0.15) is 0 Å². The molecule has 2 amide bonds. The molecule has 1 N–H and O–H groups in total. The Balaban J connectivity index is 1.37. The molecule has 1 atom stereocenters. The molecule has 3 heterocycles. The summed E-state index contributed by atoms with van der Waals surface area (Å²) in [4.78, 5) is 34.4. The van der Waals surface area contributed by atoms with Crippen molar-refractivity contribution in [3.63, 3.8) is 0 Å². The van der Waals surface area contributed by atoms with Crippen LogP contribution in [0.3, 0.4) is 0 Å². The molecule has 4 rings (SSSR count). The molecule has 32 heavy (non-hydrogen) atoms. The van der Waals surface area contributed by atoms with Gasteiger partial charge in [0.05, 0.1) is 18.3 Å². The fourth-order valence-corrected chi connectivity index (χ4v) is 5.31. The van der Waals surface area contributed by atoms with Gasteiger partial charge in [0.25, 0.3) is 5.91 Å². The van der Waals surface area contributed by atoms with Crippen molar-refractivity contribution in [2.75, 3.05) is 31.5 Å². The first kappa shape index (κ1) is 22.9. The van der Waals surface area contributed by atoms with Gasteiger partial charge in [0, 0.05) is 24.0 Å². The lowest BCUT2D eigenvalue weighted by atomic mass is 9.87. The van der Waals surface area contributed by atoms with Crippen LogP contribution in [0.15, 0.2) is 29.6 Å². The highest BCUT2D eigenvalue weighted by atomic mass is 32.1. The van der Waals surface area contributed by atoms with Gasteiger partial charge in [-0.25, -0.2) is 4.98 Å². The van der Waals surface area contributed by atoms with Crippen LogP contribution in [0.1, 0.15) is 80.5 Å². The fraction of sp³-hybridized carbons (Fsp3) is 0.560. The van der Waals surface area contributed by atoms with E-state index in [0.29, 0.717) is 17.2 Å². The molecule has 2 aliphatic heterocycles. The average Bonchev–Trinajstić information content (AvgIpc) is 3.43. The largest absolute Gasteiger partial charge is 0.342 e. The molecule has 6 nitrogen and oxygen atoms in total. The number of hydrogen-bond donors (Lipinski definition) is 1. The van der Waals surface area contributed by atoms with Crippen LogP contribution in [0, 0.1) is 0 Å². The molecular formula is C25H34N4O2S. The predicted octanol–water partition coefficient (Wildman–Crippen LogP) is 4.84. The minimum atomic E-state index is -0.144. The first-order valence-electron chi connectivity index (χ1n) is 11.7. The van der Waals surface area contributed by atoms with Crippen LogP contribution in [0.25, 0.3) is 0 Å². The van der Waals surface area contributed by atoms with E-state index in [4.69, 9.17) is 4.98 Å². The molecule has 172 valence electrons. The molecule has 2 aromatic rings. The number of likely N-dealkylation sites (tertiary alicyclic amines) is 2. The summed E-state index contributed by atoms with van der Waals surface area (Å²) in [5.41, 5.74) is 2.84. The van der Waals surface area contributed by atoms with E-state index in [1.54, 1.807) is 0 Å². The van der Waals surface area contributed by atoms with E-state index in [-0.39, 0.29) is 23.3 Å². The van der Waals surface area contributed by atoms with Crippen molar-refractivity contribution in [1.29, 1.82) is 0 Å². The Morgan fingerprint density at radius 1 is 1.06 bits per heavy atom. The minimum Gasteiger partial charge on any atom is -0.342 e. The van der Waals surface area contributed by atoms with E-state index in [1.807, 2.05) is 34.5 Å². The van der Waals surface area contributed by atoms with Crippen LogP contribution < -0.4 is 5.32 Å². The highest BCUT2D eigenvalue weighted by molar-refractivity contribution is 7.14. The second-order valence-electron chi connectivity index (χ2n) is 9.93. The van der Waals surface area contributed by atoms with E-state index in [2.05, 4.69) is 31.0 Å². The normalized spacial score (nSPS) is 19.8. The zero-order valence-electron chi connectivity index (χ0n) is 19.4. The molecule has 0 unspecified atom stereocenters. The Hall–Kier alpha value is -2.25. The molecule has 0 spiro atoms. The summed E-state index contributed by atoms with van der Waals surface area (Å²) in [6, 6.07) is 7.91. The van der Waals surface area contributed by atoms with Crippen LogP contribution >= 0.6 is 11.3 Å². The first-order valence-corrected chi connectivity index (χ1v) is 12.6. The van der Waals surface area contributed by atoms with Crippen LogP contribution in [0.4, 0.5) is 5.13 Å². The second kappa shape index (κ2) is 9.71. The number of carbonyl (C=O) groups excluding carboxylic acids is 2.